The molecule has 4 heteroatoms. The molecule has 1 heterocycles. The topological polar surface area (TPSA) is 45.1 Å². The number of pyridine rings is 1. The molecule has 0 unspecified atom stereocenters. The van der Waals surface area contributed by atoms with E-state index < -0.39 is 0 Å². The number of rotatable bonds is 5. The fourth-order valence-corrected chi connectivity index (χ4v) is 3.16. The molecule has 3 aromatic carbocycles. The summed E-state index contributed by atoms with van der Waals surface area (Å²) in [6.45, 7) is 1.59. The molecule has 0 saturated heterocycles. The van der Waals surface area contributed by atoms with Gasteiger partial charge >= 0.3 is 0 Å². The molecule has 0 spiro atoms. The highest BCUT2D eigenvalue weighted by Gasteiger charge is 1.97. The normalized spacial score (nSPS) is 10.4. The Balaban J connectivity index is 0.000000176. The van der Waals surface area contributed by atoms with Crippen LogP contribution in [0.1, 0.15) is 5.56 Å². The van der Waals surface area contributed by atoms with Gasteiger partial charge in [0.1, 0.15) is 0 Å². The van der Waals surface area contributed by atoms with Gasteiger partial charge in [-0.05, 0) is 39.6 Å². The largest absolute Gasteiger partial charge is 0.395 e. The standard InChI is InChI=1S/C14H16N2O.C10H8S/c17-9-8-16-10-12-3-5-13(6-4-12)14-2-1-7-15-11-14;11-10-7-3-5-8-4-1-2-6-9(8)10/h1-7,11,16-17H,8-10H2;1-7,11H. The third-order valence-corrected chi connectivity index (χ3v) is 4.72. The molecule has 0 aliphatic rings. The first-order chi connectivity index (χ1) is 13.8. The van der Waals surface area contributed by atoms with Gasteiger partial charge in [0.05, 0.1) is 6.61 Å². The summed E-state index contributed by atoms with van der Waals surface area (Å²) in [4.78, 5) is 5.15. The minimum absolute atomic E-state index is 0.174. The molecule has 142 valence electrons. The van der Waals surface area contributed by atoms with E-state index in [1.54, 1.807) is 6.20 Å². The third kappa shape index (κ3) is 5.67. The first kappa shape index (κ1) is 20.1. The molecule has 1 aromatic heterocycles. The van der Waals surface area contributed by atoms with Crippen molar-refractivity contribution in [1.29, 1.82) is 0 Å². The first-order valence-electron chi connectivity index (χ1n) is 9.25. The van der Waals surface area contributed by atoms with Gasteiger partial charge in [0, 0.05) is 30.4 Å². The lowest BCUT2D eigenvalue weighted by Gasteiger charge is -2.05. The van der Waals surface area contributed by atoms with Gasteiger partial charge in [-0.3, -0.25) is 4.98 Å². The minimum atomic E-state index is 0.174. The second-order valence-electron chi connectivity index (χ2n) is 6.34. The fraction of sp³-hybridized carbons (Fsp3) is 0.125. The lowest BCUT2D eigenvalue weighted by atomic mass is 10.1. The molecule has 2 N–H and O–H groups in total. The Morgan fingerprint density at radius 2 is 1.61 bits per heavy atom. The van der Waals surface area contributed by atoms with Gasteiger partial charge in [-0.1, -0.05) is 66.7 Å². The highest BCUT2D eigenvalue weighted by Crippen LogP contribution is 2.20. The average molecular weight is 389 g/mol. The number of benzene rings is 3. The summed E-state index contributed by atoms with van der Waals surface area (Å²) in [5.74, 6) is 0. The molecule has 0 fully saturated rings. The van der Waals surface area contributed by atoms with E-state index in [1.165, 1.54) is 21.9 Å². The fourth-order valence-electron chi connectivity index (χ4n) is 2.87. The molecule has 0 aliphatic carbocycles. The Morgan fingerprint density at radius 3 is 2.32 bits per heavy atom. The van der Waals surface area contributed by atoms with Crippen molar-refractivity contribution in [3.8, 4) is 11.1 Å². The second kappa shape index (κ2) is 10.6. The van der Waals surface area contributed by atoms with Gasteiger partial charge in [-0.15, -0.1) is 12.6 Å². The lowest BCUT2D eigenvalue weighted by molar-refractivity contribution is 0.292. The van der Waals surface area contributed by atoms with Gasteiger partial charge in [0.2, 0.25) is 0 Å². The van der Waals surface area contributed by atoms with Gasteiger partial charge in [-0.2, -0.15) is 0 Å². The van der Waals surface area contributed by atoms with Crippen molar-refractivity contribution in [1.82, 2.24) is 10.3 Å². The van der Waals surface area contributed by atoms with E-state index >= 15 is 0 Å². The molecule has 0 amide bonds. The van der Waals surface area contributed by atoms with Crippen molar-refractivity contribution in [2.75, 3.05) is 13.2 Å². The van der Waals surface area contributed by atoms with Crippen molar-refractivity contribution < 1.29 is 5.11 Å². The van der Waals surface area contributed by atoms with Crippen LogP contribution in [-0.2, 0) is 6.54 Å². The van der Waals surface area contributed by atoms with Crippen molar-refractivity contribution in [2.45, 2.75) is 11.4 Å². The number of hydrogen-bond acceptors (Lipinski definition) is 4. The number of aromatic nitrogens is 1. The van der Waals surface area contributed by atoms with Crippen molar-refractivity contribution in [3.05, 3.63) is 96.8 Å². The highest BCUT2D eigenvalue weighted by molar-refractivity contribution is 7.80. The van der Waals surface area contributed by atoms with Gasteiger partial charge in [0.15, 0.2) is 0 Å². The van der Waals surface area contributed by atoms with Crippen LogP contribution in [0, 0.1) is 0 Å². The SMILES string of the molecule is OCCNCc1ccc(-c2cccnc2)cc1.Sc1cccc2ccccc12. The molecule has 28 heavy (non-hydrogen) atoms. The molecule has 4 rings (SSSR count). The zero-order valence-electron chi connectivity index (χ0n) is 15.6. The molecule has 0 radical (unpaired) electrons. The molecule has 3 nitrogen and oxygen atoms in total. The van der Waals surface area contributed by atoms with Crippen LogP contribution >= 0.6 is 12.6 Å². The summed E-state index contributed by atoms with van der Waals surface area (Å²) >= 11 is 4.35. The van der Waals surface area contributed by atoms with Crippen LogP contribution in [0.3, 0.4) is 0 Å². The van der Waals surface area contributed by atoms with E-state index in [0.717, 1.165) is 17.0 Å². The van der Waals surface area contributed by atoms with Gasteiger partial charge in [0.25, 0.3) is 0 Å². The van der Waals surface area contributed by atoms with Crippen LogP contribution in [0.2, 0.25) is 0 Å². The first-order valence-corrected chi connectivity index (χ1v) is 9.70. The monoisotopic (exact) mass is 388 g/mol. The molecule has 4 aromatic rings. The summed E-state index contributed by atoms with van der Waals surface area (Å²) in [6, 6.07) is 26.7. The molecule has 0 bridgehead atoms. The van der Waals surface area contributed by atoms with Gasteiger partial charge < -0.3 is 10.4 Å². The second-order valence-corrected chi connectivity index (χ2v) is 6.82. The Hall–Kier alpha value is -2.66. The number of hydrogen-bond donors (Lipinski definition) is 3. The summed E-state index contributed by atoms with van der Waals surface area (Å²) in [5.41, 5.74) is 3.51. The smallest absolute Gasteiger partial charge is 0.0556 e. The van der Waals surface area contributed by atoms with E-state index in [9.17, 15) is 0 Å². The average Bonchev–Trinajstić information content (AvgIpc) is 2.76. The number of nitrogens with zero attached hydrogens (tertiary/aromatic N) is 1. The zero-order valence-corrected chi connectivity index (χ0v) is 16.5. The number of fused-ring (bicyclic) bond motifs is 1. The van der Waals surface area contributed by atoms with Crippen molar-refractivity contribution >= 4 is 23.4 Å². The lowest BCUT2D eigenvalue weighted by Crippen LogP contribution is -2.17. The van der Waals surface area contributed by atoms with Crippen LogP contribution in [-0.4, -0.2) is 23.2 Å². The van der Waals surface area contributed by atoms with Crippen LogP contribution in [0.25, 0.3) is 21.9 Å². The Kier molecular flexibility index (Phi) is 7.62. The number of aliphatic hydroxyl groups is 1. The maximum atomic E-state index is 8.67. The zero-order chi connectivity index (χ0) is 19.6. The van der Waals surface area contributed by atoms with E-state index in [0.29, 0.717) is 6.54 Å². The molecule has 0 atom stereocenters. The number of nitrogens with one attached hydrogen (secondary N) is 1. The summed E-state index contributed by atoms with van der Waals surface area (Å²) < 4.78 is 0. The third-order valence-electron chi connectivity index (χ3n) is 4.33. The van der Waals surface area contributed by atoms with Crippen LogP contribution in [0.5, 0.6) is 0 Å². The molecular weight excluding hydrogens is 364 g/mol. The van der Waals surface area contributed by atoms with E-state index in [2.05, 4.69) is 65.4 Å². The maximum Gasteiger partial charge on any atom is 0.0556 e. The van der Waals surface area contributed by atoms with Gasteiger partial charge in [-0.25, -0.2) is 0 Å². The van der Waals surface area contributed by atoms with Crippen LogP contribution < -0.4 is 5.32 Å². The molecular formula is C24H24N2OS. The van der Waals surface area contributed by atoms with Crippen LogP contribution in [0.4, 0.5) is 0 Å². The van der Waals surface area contributed by atoms with Crippen molar-refractivity contribution in [3.63, 3.8) is 0 Å². The Labute approximate surface area is 171 Å². The Morgan fingerprint density at radius 1 is 0.821 bits per heavy atom. The van der Waals surface area contributed by atoms with Crippen molar-refractivity contribution in [2.24, 2.45) is 0 Å². The summed E-state index contributed by atoms with van der Waals surface area (Å²) in [5, 5.41) is 14.3. The number of aliphatic hydroxyl groups excluding tert-OH is 1. The predicted octanol–water partition coefficient (Wildman–Crippen LogP) is 4.96. The maximum absolute atomic E-state index is 8.67. The minimum Gasteiger partial charge on any atom is -0.395 e. The van der Waals surface area contributed by atoms with E-state index in [-0.39, 0.29) is 6.61 Å². The predicted molar refractivity (Wildman–Crippen MR) is 120 cm³/mol. The van der Waals surface area contributed by atoms with E-state index in [4.69, 9.17) is 5.11 Å². The number of thiol groups is 1. The summed E-state index contributed by atoms with van der Waals surface area (Å²) in [7, 11) is 0. The highest BCUT2D eigenvalue weighted by atomic mass is 32.1. The molecule has 0 saturated carbocycles. The molecule has 0 aliphatic heterocycles. The van der Waals surface area contributed by atoms with Crippen LogP contribution in [0.15, 0.2) is 96.2 Å². The van der Waals surface area contributed by atoms with E-state index in [1.807, 2.05) is 42.6 Å². The quantitative estimate of drug-likeness (QED) is 0.334. The Bertz CT molecular complexity index is 983. The summed E-state index contributed by atoms with van der Waals surface area (Å²) in [6.07, 6.45) is 3.63.